The first kappa shape index (κ1) is 19.0. The van der Waals surface area contributed by atoms with E-state index in [2.05, 4.69) is 28.4 Å². The molecule has 1 N–H and O–H groups in total. The molecule has 0 aliphatic carbocycles. The standard InChI is InChI=1S/C21H21ClN4OS/c1-12(2)11-26-18-9-8-14(22)10-17(18)24-21(26)28-13(3)19-23-16-7-5-4-6-15(16)20(27)25-19/h4-10,12-13H,11H2,1-3H3,(H,23,25,27)/t13-/m1/s1. The van der Waals surface area contributed by atoms with Gasteiger partial charge in [-0.1, -0.05) is 49.3 Å². The van der Waals surface area contributed by atoms with E-state index in [4.69, 9.17) is 16.6 Å². The fourth-order valence-electron chi connectivity index (χ4n) is 3.22. The number of hydrogen-bond acceptors (Lipinski definition) is 4. The predicted octanol–water partition coefficient (Wildman–Crippen LogP) is 5.44. The Kier molecular flexibility index (Phi) is 5.17. The third-order valence-corrected chi connectivity index (χ3v) is 5.86. The largest absolute Gasteiger partial charge is 0.319 e. The maximum atomic E-state index is 12.4. The molecule has 0 aliphatic heterocycles. The van der Waals surface area contributed by atoms with E-state index in [1.54, 1.807) is 17.8 Å². The number of nitrogens with zero attached hydrogens (tertiary/aromatic N) is 3. The minimum Gasteiger partial charge on any atom is -0.319 e. The van der Waals surface area contributed by atoms with Crippen LogP contribution in [0.3, 0.4) is 0 Å². The molecular weight excluding hydrogens is 392 g/mol. The van der Waals surface area contributed by atoms with Crippen LogP contribution in [0, 0.1) is 5.92 Å². The molecule has 0 amide bonds. The maximum absolute atomic E-state index is 12.4. The zero-order valence-electron chi connectivity index (χ0n) is 15.9. The smallest absolute Gasteiger partial charge is 0.258 e. The Hall–Kier alpha value is -2.31. The number of hydrogen-bond donors (Lipinski definition) is 1. The SMILES string of the molecule is CC(C)Cn1c(S[C@H](C)c2nc3ccccc3c(=O)[nH]2)nc2cc(Cl)ccc21. The number of nitrogens with one attached hydrogen (secondary N) is 1. The van der Waals surface area contributed by atoms with Gasteiger partial charge in [-0.25, -0.2) is 9.97 Å². The Morgan fingerprint density at radius 3 is 2.68 bits per heavy atom. The highest BCUT2D eigenvalue weighted by atomic mass is 35.5. The van der Waals surface area contributed by atoms with Gasteiger partial charge in [-0.3, -0.25) is 4.79 Å². The zero-order valence-corrected chi connectivity index (χ0v) is 17.5. The van der Waals surface area contributed by atoms with Crippen molar-refractivity contribution in [3.63, 3.8) is 0 Å². The van der Waals surface area contributed by atoms with E-state index in [0.29, 0.717) is 27.7 Å². The summed E-state index contributed by atoms with van der Waals surface area (Å²) in [5.74, 6) is 1.12. The lowest BCUT2D eigenvalue weighted by Crippen LogP contribution is -2.13. The number of halogens is 1. The zero-order chi connectivity index (χ0) is 19.8. The Balaban J connectivity index is 1.74. The molecule has 0 aliphatic rings. The molecule has 4 aromatic rings. The molecule has 5 nitrogen and oxygen atoms in total. The first-order valence-corrected chi connectivity index (χ1v) is 10.5. The van der Waals surface area contributed by atoms with Crippen LogP contribution >= 0.6 is 23.4 Å². The second kappa shape index (κ2) is 7.60. The fourth-order valence-corrected chi connectivity index (χ4v) is 4.38. The number of thioether (sulfide) groups is 1. The molecule has 0 radical (unpaired) electrons. The number of benzene rings is 2. The molecule has 2 aromatic heterocycles. The third-order valence-electron chi connectivity index (χ3n) is 4.52. The summed E-state index contributed by atoms with van der Waals surface area (Å²) in [5.41, 5.74) is 2.53. The minimum absolute atomic E-state index is 0.0597. The Bertz CT molecular complexity index is 1210. The molecule has 2 heterocycles. The lowest BCUT2D eigenvalue weighted by atomic mass is 10.2. The average molecular weight is 413 g/mol. The summed E-state index contributed by atoms with van der Waals surface area (Å²) in [7, 11) is 0. The molecule has 1 atom stereocenters. The highest BCUT2D eigenvalue weighted by molar-refractivity contribution is 7.99. The molecule has 144 valence electrons. The van der Waals surface area contributed by atoms with Crippen molar-refractivity contribution in [1.82, 2.24) is 19.5 Å². The van der Waals surface area contributed by atoms with Crippen molar-refractivity contribution >= 4 is 45.3 Å². The average Bonchev–Trinajstić information content (AvgIpc) is 2.97. The van der Waals surface area contributed by atoms with Crippen molar-refractivity contribution in [3.05, 3.63) is 63.7 Å². The van der Waals surface area contributed by atoms with Gasteiger partial charge in [0.25, 0.3) is 5.56 Å². The molecular formula is C21H21ClN4OS. The molecule has 0 fully saturated rings. The van der Waals surface area contributed by atoms with Crippen LogP contribution in [0.15, 0.2) is 52.4 Å². The van der Waals surface area contributed by atoms with Crippen molar-refractivity contribution in [1.29, 1.82) is 0 Å². The van der Waals surface area contributed by atoms with Crippen LogP contribution in [0.1, 0.15) is 31.8 Å². The molecule has 0 spiro atoms. The monoisotopic (exact) mass is 412 g/mol. The van der Waals surface area contributed by atoms with Crippen LogP contribution in [-0.4, -0.2) is 19.5 Å². The van der Waals surface area contributed by atoms with Crippen molar-refractivity contribution in [2.24, 2.45) is 5.92 Å². The molecule has 28 heavy (non-hydrogen) atoms. The second-order valence-corrected chi connectivity index (χ2v) is 9.00. The van der Waals surface area contributed by atoms with Crippen molar-refractivity contribution in [3.8, 4) is 0 Å². The first-order valence-electron chi connectivity index (χ1n) is 9.24. The van der Waals surface area contributed by atoms with E-state index < -0.39 is 0 Å². The van der Waals surface area contributed by atoms with Gasteiger partial charge in [0.1, 0.15) is 5.82 Å². The Morgan fingerprint density at radius 1 is 1.11 bits per heavy atom. The number of rotatable bonds is 5. The van der Waals surface area contributed by atoms with Gasteiger partial charge in [-0.05, 0) is 43.2 Å². The van der Waals surface area contributed by atoms with Crippen LogP contribution in [0.2, 0.25) is 5.02 Å². The van der Waals surface area contributed by atoms with Gasteiger partial charge in [-0.2, -0.15) is 0 Å². The summed E-state index contributed by atoms with van der Waals surface area (Å²) >= 11 is 7.75. The van der Waals surface area contributed by atoms with Crippen LogP contribution < -0.4 is 5.56 Å². The van der Waals surface area contributed by atoms with Gasteiger partial charge >= 0.3 is 0 Å². The van der Waals surface area contributed by atoms with E-state index in [1.165, 1.54) is 0 Å². The van der Waals surface area contributed by atoms with Crippen LogP contribution in [0.5, 0.6) is 0 Å². The minimum atomic E-state index is -0.115. The molecule has 7 heteroatoms. The summed E-state index contributed by atoms with van der Waals surface area (Å²) in [6.07, 6.45) is 0. The fraction of sp³-hybridized carbons (Fsp3) is 0.286. The van der Waals surface area contributed by atoms with Crippen LogP contribution in [-0.2, 0) is 6.54 Å². The quantitative estimate of drug-likeness (QED) is 0.443. The second-order valence-electron chi connectivity index (χ2n) is 7.26. The number of para-hydroxylation sites is 1. The summed E-state index contributed by atoms with van der Waals surface area (Å²) in [6.45, 7) is 7.25. The summed E-state index contributed by atoms with van der Waals surface area (Å²) in [4.78, 5) is 24.8. The lowest BCUT2D eigenvalue weighted by molar-refractivity contribution is 0.504. The molecule has 0 saturated carbocycles. The number of H-pyrrole nitrogens is 1. The molecule has 4 rings (SSSR count). The highest BCUT2D eigenvalue weighted by Gasteiger charge is 2.18. The number of aromatic nitrogens is 4. The van der Waals surface area contributed by atoms with Gasteiger partial charge < -0.3 is 9.55 Å². The van der Waals surface area contributed by atoms with Crippen LogP contribution in [0.4, 0.5) is 0 Å². The van der Waals surface area contributed by atoms with Gasteiger partial charge in [0, 0.05) is 11.6 Å². The summed E-state index contributed by atoms with van der Waals surface area (Å²) in [6, 6.07) is 13.2. The molecule has 0 unspecified atom stereocenters. The third kappa shape index (κ3) is 3.66. The highest BCUT2D eigenvalue weighted by Crippen LogP contribution is 2.35. The van der Waals surface area contributed by atoms with Crippen molar-refractivity contribution in [2.75, 3.05) is 0 Å². The summed E-state index contributed by atoms with van der Waals surface area (Å²) in [5, 5.41) is 2.11. The predicted molar refractivity (Wildman–Crippen MR) is 116 cm³/mol. The van der Waals surface area contributed by atoms with E-state index in [-0.39, 0.29) is 10.8 Å². The van der Waals surface area contributed by atoms with Crippen LogP contribution in [0.25, 0.3) is 21.9 Å². The van der Waals surface area contributed by atoms with Gasteiger partial charge in [-0.15, -0.1) is 0 Å². The van der Waals surface area contributed by atoms with E-state index in [9.17, 15) is 4.79 Å². The van der Waals surface area contributed by atoms with Gasteiger partial charge in [0.2, 0.25) is 0 Å². The Morgan fingerprint density at radius 2 is 1.89 bits per heavy atom. The lowest BCUT2D eigenvalue weighted by Gasteiger charge is -2.14. The van der Waals surface area contributed by atoms with Crippen molar-refractivity contribution in [2.45, 2.75) is 37.7 Å². The van der Waals surface area contributed by atoms with E-state index in [1.807, 2.05) is 43.3 Å². The van der Waals surface area contributed by atoms with Gasteiger partial charge in [0.15, 0.2) is 5.16 Å². The topological polar surface area (TPSA) is 63.6 Å². The van der Waals surface area contributed by atoms with E-state index >= 15 is 0 Å². The normalized spacial score (nSPS) is 12.9. The van der Waals surface area contributed by atoms with Gasteiger partial charge in [0.05, 0.1) is 27.2 Å². The number of fused-ring (bicyclic) bond motifs is 2. The molecule has 0 bridgehead atoms. The number of imidazole rings is 1. The maximum Gasteiger partial charge on any atom is 0.258 e. The molecule has 2 aromatic carbocycles. The van der Waals surface area contributed by atoms with E-state index in [0.717, 1.165) is 22.7 Å². The molecule has 0 saturated heterocycles. The van der Waals surface area contributed by atoms with Crippen molar-refractivity contribution < 1.29 is 0 Å². The first-order chi connectivity index (χ1) is 13.4. The summed E-state index contributed by atoms with van der Waals surface area (Å²) < 4.78 is 2.22. The Labute approximate surface area is 172 Å². The number of aromatic amines is 1.